The lowest BCUT2D eigenvalue weighted by molar-refractivity contribution is 0.313. The number of nitriles is 1. The lowest BCUT2D eigenvalue weighted by Crippen LogP contribution is -2.39. The Kier molecular flexibility index (Phi) is 5.19. The molecule has 3 heteroatoms. The summed E-state index contributed by atoms with van der Waals surface area (Å²) >= 11 is 0. The van der Waals surface area contributed by atoms with Crippen LogP contribution in [-0.4, -0.2) is 24.3 Å². The third-order valence-electron chi connectivity index (χ3n) is 5.32. The second kappa shape index (κ2) is 7.53. The maximum absolute atomic E-state index is 8.98. The van der Waals surface area contributed by atoms with Crippen LogP contribution in [0.15, 0.2) is 59.6 Å². The van der Waals surface area contributed by atoms with E-state index >= 15 is 0 Å². The Labute approximate surface area is 150 Å². The summed E-state index contributed by atoms with van der Waals surface area (Å²) in [5.41, 5.74) is 4.23. The van der Waals surface area contributed by atoms with Crippen LogP contribution < -0.4 is 0 Å². The van der Waals surface area contributed by atoms with Crippen molar-refractivity contribution < 1.29 is 0 Å². The van der Waals surface area contributed by atoms with E-state index in [1.54, 1.807) is 0 Å². The van der Waals surface area contributed by atoms with Crippen LogP contribution in [0.4, 0.5) is 0 Å². The molecular formula is C22H25N3. The molecule has 1 aromatic rings. The van der Waals surface area contributed by atoms with Gasteiger partial charge in [0.05, 0.1) is 6.07 Å². The fourth-order valence-electron chi connectivity index (χ4n) is 3.71. The molecular weight excluding hydrogens is 306 g/mol. The van der Waals surface area contributed by atoms with Crippen molar-refractivity contribution in [3.05, 3.63) is 65.8 Å². The minimum atomic E-state index is 0.503. The third-order valence-corrected chi connectivity index (χ3v) is 5.32. The smallest absolute Gasteiger partial charge is 0.103 e. The molecule has 1 fully saturated rings. The molecule has 1 aliphatic carbocycles. The van der Waals surface area contributed by atoms with Gasteiger partial charge in [0, 0.05) is 31.3 Å². The highest BCUT2D eigenvalue weighted by Crippen LogP contribution is 2.34. The molecule has 2 aliphatic rings. The predicted molar refractivity (Wildman–Crippen MR) is 104 cm³/mol. The number of nitrogens with zero attached hydrogens (tertiary/aromatic N) is 3. The zero-order chi connectivity index (χ0) is 17.8. The van der Waals surface area contributed by atoms with Crippen molar-refractivity contribution in [3.63, 3.8) is 0 Å². The number of aryl methyl sites for hydroxylation is 1. The van der Waals surface area contributed by atoms with E-state index in [1.807, 2.05) is 13.1 Å². The fourth-order valence-corrected chi connectivity index (χ4v) is 3.71. The van der Waals surface area contributed by atoms with Gasteiger partial charge in [-0.25, -0.2) is 0 Å². The number of hydrogen-bond donors (Lipinski definition) is 0. The van der Waals surface area contributed by atoms with Crippen LogP contribution in [0.1, 0.15) is 30.4 Å². The van der Waals surface area contributed by atoms with E-state index in [0.717, 1.165) is 48.5 Å². The maximum atomic E-state index is 8.98. The SMILES string of the molecule is C=C(c1ccc(C)cc1)N1CCC(C2C=CC(C#N)=CC2)CC1=NC. The first-order valence-corrected chi connectivity index (χ1v) is 8.90. The Balaban J connectivity index is 1.69. The van der Waals surface area contributed by atoms with Crippen LogP contribution in [0.25, 0.3) is 5.70 Å². The number of benzene rings is 1. The molecule has 0 radical (unpaired) electrons. The van der Waals surface area contributed by atoms with Gasteiger partial charge in [-0.2, -0.15) is 5.26 Å². The fraction of sp³-hybridized carbons (Fsp3) is 0.364. The number of allylic oxidation sites excluding steroid dienone is 4. The van der Waals surface area contributed by atoms with Gasteiger partial charge >= 0.3 is 0 Å². The largest absolute Gasteiger partial charge is 0.330 e. The van der Waals surface area contributed by atoms with Crippen molar-refractivity contribution in [2.45, 2.75) is 26.2 Å². The first-order valence-electron chi connectivity index (χ1n) is 8.90. The van der Waals surface area contributed by atoms with E-state index in [1.165, 1.54) is 5.56 Å². The van der Waals surface area contributed by atoms with Crippen molar-refractivity contribution in [2.75, 3.05) is 13.6 Å². The summed E-state index contributed by atoms with van der Waals surface area (Å²) in [6.45, 7) is 7.37. The molecule has 1 aromatic carbocycles. The second-order valence-electron chi connectivity index (χ2n) is 6.89. The number of rotatable bonds is 3. The lowest BCUT2D eigenvalue weighted by atomic mass is 9.79. The highest BCUT2D eigenvalue weighted by atomic mass is 15.2. The summed E-state index contributed by atoms with van der Waals surface area (Å²) in [6.07, 6.45) is 9.28. The van der Waals surface area contributed by atoms with E-state index < -0.39 is 0 Å². The Morgan fingerprint density at radius 1 is 1.32 bits per heavy atom. The highest BCUT2D eigenvalue weighted by Gasteiger charge is 2.30. The first-order chi connectivity index (χ1) is 12.1. The summed E-state index contributed by atoms with van der Waals surface area (Å²) in [6, 6.07) is 10.7. The van der Waals surface area contributed by atoms with E-state index in [9.17, 15) is 0 Å². The van der Waals surface area contributed by atoms with Crippen molar-refractivity contribution in [2.24, 2.45) is 16.8 Å². The van der Waals surface area contributed by atoms with E-state index in [-0.39, 0.29) is 0 Å². The van der Waals surface area contributed by atoms with Gasteiger partial charge in [0.15, 0.2) is 0 Å². The van der Waals surface area contributed by atoms with Crippen molar-refractivity contribution in [1.29, 1.82) is 5.26 Å². The average Bonchev–Trinajstić information content (AvgIpc) is 2.67. The van der Waals surface area contributed by atoms with Gasteiger partial charge in [0.25, 0.3) is 0 Å². The molecule has 0 saturated carbocycles. The van der Waals surface area contributed by atoms with Crippen molar-refractivity contribution >= 4 is 11.5 Å². The van der Waals surface area contributed by atoms with Gasteiger partial charge in [-0.15, -0.1) is 0 Å². The van der Waals surface area contributed by atoms with E-state index in [4.69, 9.17) is 5.26 Å². The average molecular weight is 331 g/mol. The number of likely N-dealkylation sites (tertiary alicyclic amines) is 1. The molecule has 2 atom stereocenters. The van der Waals surface area contributed by atoms with Crippen molar-refractivity contribution in [1.82, 2.24) is 4.90 Å². The van der Waals surface area contributed by atoms with Gasteiger partial charge in [0.2, 0.25) is 0 Å². The molecule has 1 heterocycles. The van der Waals surface area contributed by atoms with Crippen molar-refractivity contribution in [3.8, 4) is 6.07 Å². The number of hydrogen-bond acceptors (Lipinski definition) is 2. The lowest BCUT2D eigenvalue weighted by Gasteiger charge is -2.38. The molecule has 3 rings (SSSR count). The zero-order valence-electron chi connectivity index (χ0n) is 15.1. The second-order valence-corrected chi connectivity index (χ2v) is 6.89. The Hall–Kier alpha value is -2.60. The van der Waals surface area contributed by atoms with Gasteiger partial charge < -0.3 is 4.90 Å². The molecule has 2 unspecified atom stereocenters. The molecule has 1 aliphatic heterocycles. The summed E-state index contributed by atoms with van der Waals surface area (Å²) in [4.78, 5) is 6.83. The molecule has 25 heavy (non-hydrogen) atoms. The molecule has 3 nitrogen and oxygen atoms in total. The molecule has 0 aromatic heterocycles. The summed E-state index contributed by atoms with van der Waals surface area (Å²) < 4.78 is 0. The molecule has 0 N–H and O–H groups in total. The molecule has 0 spiro atoms. The maximum Gasteiger partial charge on any atom is 0.103 e. The Morgan fingerprint density at radius 2 is 2.08 bits per heavy atom. The number of amidine groups is 1. The quantitative estimate of drug-likeness (QED) is 0.803. The Morgan fingerprint density at radius 3 is 2.68 bits per heavy atom. The van der Waals surface area contributed by atoms with Crippen LogP contribution >= 0.6 is 0 Å². The summed E-state index contributed by atoms with van der Waals surface area (Å²) in [5.74, 6) is 2.20. The van der Waals surface area contributed by atoms with Crippen LogP contribution in [0, 0.1) is 30.1 Å². The number of aliphatic imine (C=N–C) groups is 1. The van der Waals surface area contributed by atoms with Gasteiger partial charge in [-0.05, 0) is 43.2 Å². The van der Waals surface area contributed by atoms with E-state index in [0.29, 0.717) is 11.8 Å². The van der Waals surface area contributed by atoms with Gasteiger partial charge in [-0.1, -0.05) is 48.6 Å². The monoisotopic (exact) mass is 331 g/mol. The van der Waals surface area contributed by atoms with E-state index in [2.05, 4.69) is 65.9 Å². The summed E-state index contributed by atoms with van der Waals surface area (Å²) in [5, 5.41) is 8.98. The van der Waals surface area contributed by atoms with Gasteiger partial charge in [0.1, 0.15) is 5.84 Å². The minimum Gasteiger partial charge on any atom is -0.330 e. The molecule has 0 amide bonds. The van der Waals surface area contributed by atoms with Gasteiger partial charge in [-0.3, -0.25) is 4.99 Å². The zero-order valence-corrected chi connectivity index (χ0v) is 15.1. The van der Waals surface area contributed by atoms with Crippen LogP contribution in [0.5, 0.6) is 0 Å². The molecule has 1 saturated heterocycles. The summed E-state index contributed by atoms with van der Waals surface area (Å²) in [7, 11) is 1.87. The standard InChI is InChI=1S/C22H25N3/c1-16-4-8-19(9-5-16)17(2)25-13-12-21(14-22(25)24-3)20-10-6-18(15-23)7-11-20/h4-10,20-21H,2,11-14H2,1,3H3. The molecule has 0 bridgehead atoms. The predicted octanol–water partition coefficient (Wildman–Crippen LogP) is 4.73. The minimum absolute atomic E-state index is 0.503. The van der Waals surface area contributed by atoms with Crippen LogP contribution in [0.3, 0.4) is 0 Å². The van der Waals surface area contributed by atoms with Crippen LogP contribution in [-0.2, 0) is 0 Å². The molecule has 128 valence electrons. The Bertz CT molecular complexity index is 774. The topological polar surface area (TPSA) is 39.4 Å². The number of piperidine rings is 1. The highest BCUT2D eigenvalue weighted by molar-refractivity contribution is 5.91. The normalized spacial score (nSPS) is 24.8. The third kappa shape index (κ3) is 3.74. The first kappa shape index (κ1) is 17.2. The van der Waals surface area contributed by atoms with Crippen LogP contribution in [0.2, 0.25) is 0 Å².